The first kappa shape index (κ1) is 11.6. The van der Waals surface area contributed by atoms with Gasteiger partial charge in [0.25, 0.3) is 0 Å². The van der Waals surface area contributed by atoms with Gasteiger partial charge < -0.3 is 16.2 Å². The molecule has 4 N–H and O–H groups in total. The van der Waals surface area contributed by atoms with Gasteiger partial charge in [-0.25, -0.2) is 4.79 Å². The predicted octanol–water partition coefficient (Wildman–Crippen LogP) is -0.519. The monoisotopic (exact) mass is 186 g/mol. The number of carboxylic acids is 1. The molecule has 5 nitrogen and oxygen atoms in total. The maximum atomic E-state index is 10.5. The van der Waals surface area contributed by atoms with E-state index in [1.54, 1.807) is 6.92 Å². The van der Waals surface area contributed by atoms with E-state index in [-0.39, 0.29) is 5.57 Å². The van der Waals surface area contributed by atoms with Gasteiger partial charge in [0.1, 0.15) is 0 Å². The van der Waals surface area contributed by atoms with Crippen LogP contribution in [0.4, 0.5) is 0 Å². The van der Waals surface area contributed by atoms with Gasteiger partial charge in [0, 0.05) is 12.1 Å². The molecule has 0 rings (SSSR count). The molecule has 0 bridgehead atoms. The Morgan fingerprint density at radius 3 is 2.54 bits per heavy atom. The van der Waals surface area contributed by atoms with E-state index in [1.807, 2.05) is 0 Å². The smallest absolute Gasteiger partial charge is 0.330 e. The minimum absolute atomic E-state index is 0.240. The van der Waals surface area contributed by atoms with Crippen LogP contribution in [0.3, 0.4) is 0 Å². The molecular weight excluding hydrogens is 172 g/mol. The average molecular weight is 186 g/mol. The first-order valence-electron chi connectivity index (χ1n) is 3.88. The van der Waals surface area contributed by atoms with E-state index in [4.69, 9.17) is 10.8 Å². The molecule has 0 spiro atoms. The van der Waals surface area contributed by atoms with Gasteiger partial charge in [0.05, 0.1) is 6.04 Å². The second-order valence-corrected chi connectivity index (χ2v) is 2.72. The third kappa shape index (κ3) is 4.97. The number of hydrogen-bond acceptors (Lipinski definition) is 3. The number of rotatable bonds is 5. The van der Waals surface area contributed by atoms with Crippen LogP contribution in [0, 0.1) is 0 Å². The highest BCUT2D eigenvalue weighted by Crippen LogP contribution is 1.90. The molecule has 0 fully saturated rings. The fourth-order valence-corrected chi connectivity index (χ4v) is 0.577. The molecule has 0 saturated carbocycles. The zero-order valence-corrected chi connectivity index (χ0v) is 7.70. The summed E-state index contributed by atoms with van der Waals surface area (Å²) in [6.45, 7) is 3.42. The van der Waals surface area contributed by atoms with Crippen molar-refractivity contribution in [3.05, 3.63) is 11.6 Å². The van der Waals surface area contributed by atoms with Gasteiger partial charge in [-0.05, 0) is 13.8 Å². The Morgan fingerprint density at radius 1 is 1.62 bits per heavy atom. The summed E-state index contributed by atoms with van der Waals surface area (Å²) in [6, 6.07) is -0.446. The Labute approximate surface area is 76.6 Å². The number of aliphatic carboxylic acids is 1. The lowest BCUT2D eigenvalue weighted by Crippen LogP contribution is -2.38. The van der Waals surface area contributed by atoms with Crippen LogP contribution in [-0.2, 0) is 9.59 Å². The van der Waals surface area contributed by atoms with Gasteiger partial charge in [-0.1, -0.05) is 6.08 Å². The molecule has 0 radical (unpaired) electrons. The molecule has 1 unspecified atom stereocenters. The third-order valence-electron chi connectivity index (χ3n) is 1.60. The van der Waals surface area contributed by atoms with Crippen molar-refractivity contribution in [2.75, 3.05) is 6.54 Å². The average Bonchev–Trinajstić information content (AvgIpc) is 2.03. The van der Waals surface area contributed by atoms with Crippen molar-refractivity contribution in [1.82, 2.24) is 5.32 Å². The van der Waals surface area contributed by atoms with Gasteiger partial charge in [0.2, 0.25) is 5.91 Å². The van der Waals surface area contributed by atoms with E-state index in [9.17, 15) is 9.59 Å². The predicted molar refractivity (Wildman–Crippen MR) is 48.1 cm³/mol. The van der Waals surface area contributed by atoms with Gasteiger partial charge >= 0.3 is 5.97 Å². The van der Waals surface area contributed by atoms with Gasteiger partial charge in [-0.3, -0.25) is 4.79 Å². The van der Waals surface area contributed by atoms with Gasteiger partial charge in [-0.15, -0.1) is 0 Å². The SMILES string of the molecule is C/C(=C/CNC(C)C(N)=O)C(=O)O. The van der Waals surface area contributed by atoms with E-state index in [0.717, 1.165) is 0 Å². The fourth-order valence-electron chi connectivity index (χ4n) is 0.577. The normalized spacial score (nSPS) is 13.8. The lowest BCUT2D eigenvalue weighted by molar-refractivity contribution is -0.132. The molecule has 1 atom stereocenters. The zero-order valence-electron chi connectivity index (χ0n) is 7.70. The topological polar surface area (TPSA) is 92.4 Å². The lowest BCUT2D eigenvalue weighted by Gasteiger charge is -2.06. The van der Waals surface area contributed by atoms with Crippen molar-refractivity contribution in [3.63, 3.8) is 0 Å². The Balaban J connectivity index is 3.85. The van der Waals surface area contributed by atoms with Crippen molar-refractivity contribution in [2.24, 2.45) is 5.73 Å². The molecule has 0 aliphatic carbocycles. The largest absolute Gasteiger partial charge is 0.478 e. The number of primary amides is 1. The van der Waals surface area contributed by atoms with Crippen LogP contribution in [0.5, 0.6) is 0 Å². The van der Waals surface area contributed by atoms with Crippen molar-refractivity contribution in [2.45, 2.75) is 19.9 Å². The number of hydrogen-bond donors (Lipinski definition) is 3. The molecule has 0 aromatic rings. The highest BCUT2D eigenvalue weighted by atomic mass is 16.4. The van der Waals surface area contributed by atoms with Crippen LogP contribution < -0.4 is 11.1 Å². The molecule has 74 valence electrons. The highest BCUT2D eigenvalue weighted by Gasteiger charge is 2.05. The minimum Gasteiger partial charge on any atom is -0.478 e. The molecule has 1 amide bonds. The standard InChI is InChI=1S/C8H14N2O3/c1-5(8(12)13)3-4-10-6(2)7(9)11/h3,6,10H,4H2,1-2H3,(H2,9,11)(H,12,13)/b5-3-. The Morgan fingerprint density at radius 2 is 2.15 bits per heavy atom. The number of carbonyl (C=O) groups excluding carboxylic acids is 1. The van der Waals surface area contributed by atoms with Crippen LogP contribution in [0.2, 0.25) is 0 Å². The second-order valence-electron chi connectivity index (χ2n) is 2.72. The summed E-state index contributed by atoms with van der Waals surface area (Å²) in [5.74, 6) is -1.42. The maximum Gasteiger partial charge on any atom is 0.330 e. The molecule has 0 heterocycles. The summed E-state index contributed by atoms with van der Waals surface area (Å²) in [6.07, 6.45) is 1.49. The van der Waals surface area contributed by atoms with Crippen LogP contribution in [0.25, 0.3) is 0 Å². The fraction of sp³-hybridized carbons (Fsp3) is 0.500. The molecule has 0 aliphatic heterocycles. The molecular formula is C8H14N2O3. The van der Waals surface area contributed by atoms with Gasteiger partial charge in [-0.2, -0.15) is 0 Å². The quantitative estimate of drug-likeness (QED) is 0.504. The molecule has 0 aliphatic rings. The Bertz CT molecular complexity index is 236. The van der Waals surface area contributed by atoms with Crippen LogP contribution in [0.1, 0.15) is 13.8 Å². The summed E-state index contributed by atoms with van der Waals surface area (Å²) in [5, 5.41) is 11.2. The number of amides is 1. The molecule has 0 aromatic heterocycles. The lowest BCUT2D eigenvalue weighted by atomic mass is 10.2. The summed E-state index contributed by atoms with van der Waals surface area (Å²) < 4.78 is 0. The number of nitrogens with two attached hydrogens (primary N) is 1. The first-order chi connectivity index (χ1) is 5.95. The highest BCUT2D eigenvalue weighted by molar-refractivity contribution is 5.85. The van der Waals surface area contributed by atoms with E-state index in [2.05, 4.69) is 5.32 Å². The molecule has 0 aromatic carbocycles. The summed E-state index contributed by atoms with van der Waals surface area (Å²) in [5.41, 5.74) is 5.21. The second kappa shape index (κ2) is 5.31. The van der Waals surface area contributed by atoms with E-state index in [1.165, 1.54) is 13.0 Å². The van der Waals surface area contributed by atoms with Crippen molar-refractivity contribution in [1.29, 1.82) is 0 Å². The minimum atomic E-state index is -0.964. The summed E-state index contributed by atoms with van der Waals surface area (Å²) in [4.78, 5) is 20.9. The number of carbonyl (C=O) groups is 2. The van der Waals surface area contributed by atoms with Crippen LogP contribution >= 0.6 is 0 Å². The summed E-state index contributed by atoms with van der Waals surface area (Å²) in [7, 11) is 0. The van der Waals surface area contributed by atoms with Crippen molar-refractivity contribution in [3.8, 4) is 0 Å². The maximum absolute atomic E-state index is 10.5. The van der Waals surface area contributed by atoms with E-state index >= 15 is 0 Å². The van der Waals surface area contributed by atoms with E-state index in [0.29, 0.717) is 6.54 Å². The van der Waals surface area contributed by atoms with Crippen molar-refractivity contribution >= 4 is 11.9 Å². The Kier molecular flexibility index (Phi) is 4.76. The molecule has 5 heteroatoms. The first-order valence-corrected chi connectivity index (χ1v) is 3.88. The molecule has 13 heavy (non-hydrogen) atoms. The van der Waals surface area contributed by atoms with Crippen LogP contribution in [-0.4, -0.2) is 29.6 Å². The van der Waals surface area contributed by atoms with Crippen molar-refractivity contribution < 1.29 is 14.7 Å². The third-order valence-corrected chi connectivity index (χ3v) is 1.60. The van der Waals surface area contributed by atoms with E-state index < -0.39 is 17.9 Å². The number of carboxylic acid groups (broad SMARTS) is 1. The number of nitrogens with one attached hydrogen (secondary N) is 1. The van der Waals surface area contributed by atoms with Crippen LogP contribution in [0.15, 0.2) is 11.6 Å². The van der Waals surface area contributed by atoms with Gasteiger partial charge in [0.15, 0.2) is 0 Å². The zero-order chi connectivity index (χ0) is 10.4. The summed E-state index contributed by atoms with van der Waals surface area (Å²) >= 11 is 0. The molecule has 0 saturated heterocycles. The Hall–Kier alpha value is -1.36.